The van der Waals surface area contributed by atoms with Gasteiger partial charge < -0.3 is 15.0 Å². The summed E-state index contributed by atoms with van der Waals surface area (Å²) in [4.78, 5) is 39.9. The van der Waals surface area contributed by atoms with Gasteiger partial charge >= 0.3 is 5.97 Å². The molecule has 2 rings (SSSR count). The van der Waals surface area contributed by atoms with Gasteiger partial charge in [0.05, 0.1) is 17.6 Å². The highest BCUT2D eigenvalue weighted by atomic mass is 32.2. The van der Waals surface area contributed by atoms with Crippen LogP contribution in [0.4, 0.5) is 0 Å². The van der Waals surface area contributed by atoms with Gasteiger partial charge in [-0.15, -0.1) is 0 Å². The summed E-state index contributed by atoms with van der Waals surface area (Å²) >= 11 is 6.41. The molecule has 0 aliphatic carbocycles. The van der Waals surface area contributed by atoms with E-state index in [9.17, 15) is 14.4 Å². The normalized spacial score (nSPS) is 15.4. The predicted octanol–water partition coefficient (Wildman–Crippen LogP) is 1.74. The number of methoxy groups -OCH3 is 1. The molecule has 1 aliphatic heterocycles. The number of amides is 2. The molecule has 0 spiro atoms. The van der Waals surface area contributed by atoms with Gasteiger partial charge in [-0.2, -0.15) is 0 Å². The van der Waals surface area contributed by atoms with E-state index in [4.69, 9.17) is 12.2 Å². The molecule has 1 N–H and O–H groups in total. The van der Waals surface area contributed by atoms with Crippen molar-refractivity contribution in [2.45, 2.75) is 6.42 Å². The van der Waals surface area contributed by atoms with E-state index in [1.54, 1.807) is 30.3 Å². The van der Waals surface area contributed by atoms with Crippen LogP contribution in [0.2, 0.25) is 0 Å². The van der Waals surface area contributed by atoms with Crippen LogP contribution in [0.25, 0.3) is 6.08 Å². The summed E-state index contributed by atoms with van der Waals surface area (Å²) in [6.07, 6.45) is 2.52. The lowest BCUT2D eigenvalue weighted by molar-refractivity contribution is -0.128. The van der Waals surface area contributed by atoms with E-state index in [2.05, 4.69) is 10.1 Å². The molecule has 0 unspecified atom stereocenters. The minimum atomic E-state index is -0.422. The third-order valence-corrected chi connectivity index (χ3v) is 5.29. The number of ether oxygens (including phenoxy) is 1. The average Bonchev–Trinajstić information content (AvgIpc) is 2.92. The average molecular weight is 422 g/mol. The summed E-state index contributed by atoms with van der Waals surface area (Å²) in [5, 5.41) is 2.80. The standard InChI is InChI=1S/C19H23N3O4S2/c1-21(2)10-4-9-20-16(23)12-22-17(24)15(28-19(22)27)11-13-5-7-14(8-6-13)18(25)26-3/h5-8,11H,4,9-10,12H2,1-3H3,(H,20,23). The van der Waals surface area contributed by atoms with Gasteiger partial charge in [0.25, 0.3) is 5.91 Å². The Morgan fingerprint density at radius 3 is 2.57 bits per heavy atom. The van der Waals surface area contributed by atoms with Crippen molar-refractivity contribution in [2.75, 3.05) is 40.8 Å². The Bertz CT molecular complexity index is 791. The Hall–Kier alpha value is -2.23. The van der Waals surface area contributed by atoms with E-state index in [1.807, 2.05) is 19.0 Å². The number of hydrogen-bond acceptors (Lipinski definition) is 7. The Labute approximate surface area is 174 Å². The topological polar surface area (TPSA) is 79.0 Å². The molecule has 0 bridgehead atoms. The van der Waals surface area contributed by atoms with Gasteiger partial charge in [-0.25, -0.2) is 4.79 Å². The van der Waals surface area contributed by atoms with Gasteiger partial charge in [-0.3, -0.25) is 14.5 Å². The van der Waals surface area contributed by atoms with E-state index in [0.717, 1.165) is 30.3 Å². The maximum absolute atomic E-state index is 12.6. The molecule has 1 heterocycles. The molecule has 1 fully saturated rings. The lowest BCUT2D eigenvalue weighted by atomic mass is 10.1. The molecule has 1 aliphatic rings. The van der Waals surface area contributed by atoms with E-state index >= 15 is 0 Å². The van der Waals surface area contributed by atoms with Crippen LogP contribution in [0.1, 0.15) is 22.3 Å². The van der Waals surface area contributed by atoms with Crippen LogP contribution >= 0.6 is 24.0 Å². The SMILES string of the molecule is COC(=O)c1ccc(C=C2SC(=S)N(CC(=O)NCCCN(C)C)C2=O)cc1. The van der Waals surface area contributed by atoms with Crippen molar-refractivity contribution < 1.29 is 19.1 Å². The summed E-state index contributed by atoms with van der Waals surface area (Å²) in [7, 11) is 5.26. The second kappa shape index (κ2) is 10.4. The number of carbonyl (C=O) groups is 3. The number of benzene rings is 1. The van der Waals surface area contributed by atoms with Crippen LogP contribution in [0.5, 0.6) is 0 Å². The van der Waals surface area contributed by atoms with E-state index < -0.39 is 5.97 Å². The zero-order valence-corrected chi connectivity index (χ0v) is 17.7. The fourth-order valence-corrected chi connectivity index (χ4v) is 3.70. The summed E-state index contributed by atoms with van der Waals surface area (Å²) in [6, 6.07) is 6.69. The van der Waals surface area contributed by atoms with Gasteiger partial charge in [0.1, 0.15) is 10.9 Å². The van der Waals surface area contributed by atoms with Gasteiger partial charge in [-0.1, -0.05) is 36.1 Å². The molecule has 9 heteroatoms. The quantitative estimate of drug-likeness (QED) is 0.296. The Balaban J connectivity index is 1.96. The fourth-order valence-electron chi connectivity index (χ4n) is 2.44. The molecule has 150 valence electrons. The van der Waals surface area contributed by atoms with Crippen molar-refractivity contribution in [1.82, 2.24) is 15.1 Å². The van der Waals surface area contributed by atoms with Crippen LogP contribution < -0.4 is 5.32 Å². The summed E-state index contributed by atoms with van der Waals surface area (Å²) in [5.74, 6) is -0.955. The molecule has 1 aromatic rings. The van der Waals surface area contributed by atoms with Crippen molar-refractivity contribution in [1.29, 1.82) is 0 Å². The van der Waals surface area contributed by atoms with Crippen molar-refractivity contribution in [3.63, 3.8) is 0 Å². The number of thioether (sulfide) groups is 1. The third-order valence-electron chi connectivity index (χ3n) is 3.91. The van der Waals surface area contributed by atoms with Crippen LogP contribution in [-0.2, 0) is 14.3 Å². The number of carbonyl (C=O) groups excluding carboxylic acids is 3. The molecule has 1 aromatic carbocycles. The van der Waals surface area contributed by atoms with Crippen molar-refractivity contribution in [3.05, 3.63) is 40.3 Å². The van der Waals surface area contributed by atoms with E-state index in [0.29, 0.717) is 21.3 Å². The maximum atomic E-state index is 12.6. The highest BCUT2D eigenvalue weighted by Crippen LogP contribution is 2.32. The first-order chi connectivity index (χ1) is 13.3. The molecular weight excluding hydrogens is 398 g/mol. The van der Waals surface area contributed by atoms with Crippen molar-refractivity contribution in [2.24, 2.45) is 0 Å². The minimum Gasteiger partial charge on any atom is -0.465 e. The van der Waals surface area contributed by atoms with Gasteiger partial charge in [0, 0.05) is 6.54 Å². The molecule has 0 atom stereocenters. The third kappa shape index (κ3) is 6.15. The first-order valence-corrected chi connectivity index (χ1v) is 9.89. The van der Waals surface area contributed by atoms with Crippen LogP contribution in [-0.4, -0.2) is 72.7 Å². The zero-order valence-electron chi connectivity index (χ0n) is 16.1. The van der Waals surface area contributed by atoms with Crippen molar-refractivity contribution >= 4 is 52.2 Å². The van der Waals surface area contributed by atoms with Gasteiger partial charge in [0.2, 0.25) is 5.91 Å². The first-order valence-electron chi connectivity index (χ1n) is 8.67. The highest BCUT2D eigenvalue weighted by Gasteiger charge is 2.33. The number of thiocarbonyl (C=S) groups is 1. The lowest BCUT2D eigenvalue weighted by Crippen LogP contribution is -2.40. The molecule has 1 saturated heterocycles. The molecule has 0 radical (unpaired) electrons. The second-order valence-corrected chi connectivity index (χ2v) is 8.06. The lowest BCUT2D eigenvalue weighted by Gasteiger charge is -2.14. The maximum Gasteiger partial charge on any atom is 0.337 e. The largest absolute Gasteiger partial charge is 0.465 e. The summed E-state index contributed by atoms with van der Waals surface area (Å²) in [5.41, 5.74) is 1.18. The number of hydrogen-bond donors (Lipinski definition) is 1. The zero-order chi connectivity index (χ0) is 20.7. The molecule has 28 heavy (non-hydrogen) atoms. The van der Waals surface area contributed by atoms with Gasteiger partial charge in [-0.05, 0) is 50.8 Å². The summed E-state index contributed by atoms with van der Waals surface area (Å²) < 4.78 is 5.01. The molecular formula is C19H23N3O4S2. The fraction of sp³-hybridized carbons (Fsp3) is 0.368. The number of rotatable bonds is 8. The number of nitrogens with zero attached hydrogens (tertiary/aromatic N) is 2. The smallest absolute Gasteiger partial charge is 0.337 e. The highest BCUT2D eigenvalue weighted by molar-refractivity contribution is 8.26. The second-order valence-electron chi connectivity index (χ2n) is 6.39. The Kier molecular flexibility index (Phi) is 8.16. The monoisotopic (exact) mass is 421 g/mol. The Morgan fingerprint density at radius 2 is 1.96 bits per heavy atom. The summed E-state index contributed by atoms with van der Waals surface area (Å²) in [6.45, 7) is 1.33. The molecule has 2 amide bonds. The predicted molar refractivity (Wildman–Crippen MR) is 114 cm³/mol. The van der Waals surface area contributed by atoms with Crippen LogP contribution in [0.15, 0.2) is 29.2 Å². The number of nitrogens with one attached hydrogen (secondary N) is 1. The Morgan fingerprint density at radius 1 is 1.29 bits per heavy atom. The first kappa shape index (κ1) is 22.1. The van der Waals surface area contributed by atoms with Gasteiger partial charge in [0.15, 0.2) is 0 Å². The minimum absolute atomic E-state index is 0.0920. The van der Waals surface area contributed by atoms with Crippen LogP contribution in [0.3, 0.4) is 0 Å². The number of esters is 1. The molecule has 0 aromatic heterocycles. The van der Waals surface area contributed by atoms with E-state index in [1.165, 1.54) is 12.0 Å². The van der Waals surface area contributed by atoms with Crippen LogP contribution in [0, 0.1) is 0 Å². The molecule has 0 saturated carbocycles. The molecule has 7 nitrogen and oxygen atoms in total. The van der Waals surface area contributed by atoms with Crippen molar-refractivity contribution in [3.8, 4) is 0 Å². The van der Waals surface area contributed by atoms with E-state index in [-0.39, 0.29) is 18.4 Å².